The average Bonchev–Trinajstić information content (AvgIpc) is 2.46. The highest BCUT2D eigenvalue weighted by molar-refractivity contribution is 5.18. The fourth-order valence-corrected chi connectivity index (χ4v) is 2.32. The lowest BCUT2D eigenvalue weighted by molar-refractivity contribution is 0.525. The van der Waals surface area contributed by atoms with Crippen LogP contribution in [0.2, 0.25) is 0 Å². The second-order valence-corrected chi connectivity index (χ2v) is 4.95. The third-order valence-corrected chi connectivity index (χ3v) is 3.49. The van der Waals surface area contributed by atoms with Gasteiger partial charge in [0.15, 0.2) is 0 Å². The van der Waals surface area contributed by atoms with E-state index in [1.165, 1.54) is 17.5 Å². The van der Waals surface area contributed by atoms with Crippen molar-refractivity contribution in [2.24, 2.45) is 0 Å². The predicted octanol–water partition coefficient (Wildman–Crippen LogP) is 3.67. The number of aryl methyl sites for hydroxylation is 2. The molecule has 1 aromatic carbocycles. The molecule has 19 heavy (non-hydrogen) atoms. The van der Waals surface area contributed by atoms with Gasteiger partial charge >= 0.3 is 0 Å². The highest BCUT2D eigenvalue weighted by Crippen LogP contribution is 2.18. The molecule has 1 aromatic heterocycles. The molecule has 0 aliphatic carbocycles. The normalized spacial score (nSPS) is 12.3. The molecule has 0 amide bonds. The number of nitrogens with one attached hydrogen (secondary N) is 1. The third-order valence-electron chi connectivity index (χ3n) is 3.49. The number of hydrogen-bond acceptors (Lipinski definition) is 2. The highest BCUT2D eigenvalue weighted by Gasteiger charge is 2.08. The third kappa shape index (κ3) is 4.18. The van der Waals surface area contributed by atoms with Crippen molar-refractivity contribution in [3.63, 3.8) is 0 Å². The lowest BCUT2D eigenvalue weighted by atomic mass is 10.0. The van der Waals surface area contributed by atoms with Crippen LogP contribution in [0.5, 0.6) is 0 Å². The van der Waals surface area contributed by atoms with Crippen LogP contribution in [0.15, 0.2) is 48.7 Å². The van der Waals surface area contributed by atoms with E-state index in [9.17, 15) is 0 Å². The molecule has 2 heteroatoms. The van der Waals surface area contributed by atoms with Crippen molar-refractivity contribution in [3.05, 3.63) is 65.5 Å². The zero-order valence-electron chi connectivity index (χ0n) is 11.8. The minimum absolute atomic E-state index is 0.400. The molecule has 0 radical (unpaired) electrons. The number of nitrogens with zero attached hydrogens (tertiary/aromatic N) is 1. The van der Waals surface area contributed by atoms with Gasteiger partial charge in [-0.25, -0.2) is 0 Å². The minimum Gasteiger partial charge on any atom is -0.313 e. The molecule has 1 heterocycles. The molecule has 0 spiro atoms. The zero-order chi connectivity index (χ0) is 13.5. The maximum atomic E-state index is 4.37. The number of benzene rings is 1. The largest absolute Gasteiger partial charge is 0.313 e. The Labute approximate surface area is 115 Å². The van der Waals surface area contributed by atoms with E-state index in [2.05, 4.69) is 52.8 Å². The summed E-state index contributed by atoms with van der Waals surface area (Å²) in [5, 5.41) is 3.38. The number of aromatic nitrogens is 1. The lowest BCUT2D eigenvalue weighted by Crippen LogP contribution is -2.16. The first kappa shape index (κ1) is 13.8. The zero-order valence-corrected chi connectivity index (χ0v) is 11.8. The Morgan fingerprint density at radius 2 is 1.89 bits per heavy atom. The van der Waals surface area contributed by atoms with E-state index in [1.807, 2.05) is 20.2 Å². The van der Waals surface area contributed by atoms with Crippen LogP contribution in [-0.4, -0.2) is 12.0 Å². The van der Waals surface area contributed by atoms with Crippen molar-refractivity contribution >= 4 is 0 Å². The second-order valence-electron chi connectivity index (χ2n) is 4.95. The van der Waals surface area contributed by atoms with E-state index in [4.69, 9.17) is 0 Å². The summed E-state index contributed by atoms with van der Waals surface area (Å²) in [6, 6.07) is 15.3. The predicted molar refractivity (Wildman–Crippen MR) is 80.2 cm³/mol. The molecule has 0 saturated heterocycles. The molecule has 1 N–H and O–H groups in total. The molecule has 0 fully saturated rings. The first-order chi connectivity index (χ1) is 9.29. The number of rotatable bonds is 6. The van der Waals surface area contributed by atoms with Gasteiger partial charge < -0.3 is 5.32 Å². The van der Waals surface area contributed by atoms with Gasteiger partial charge in [-0.05, 0) is 50.4 Å². The molecule has 0 saturated carbocycles. The van der Waals surface area contributed by atoms with Gasteiger partial charge in [-0.3, -0.25) is 4.98 Å². The Hall–Kier alpha value is -1.67. The molecule has 0 aliphatic heterocycles. The molecule has 2 nitrogen and oxygen atoms in total. The van der Waals surface area contributed by atoms with Crippen LogP contribution in [0.1, 0.15) is 35.7 Å². The molecular formula is C17H22N2. The first-order valence-electron chi connectivity index (χ1n) is 6.93. The van der Waals surface area contributed by atoms with Gasteiger partial charge in [-0.15, -0.1) is 0 Å². The summed E-state index contributed by atoms with van der Waals surface area (Å²) in [4.78, 5) is 4.37. The van der Waals surface area contributed by atoms with E-state index in [-0.39, 0.29) is 0 Å². The van der Waals surface area contributed by atoms with E-state index in [0.29, 0.717) is 6.04 Å². The van der Waals surface area contributed by atoms with Gasteiger partial charge in [0.25, 0.3) is 0 Å². The Balaban J connectivity index is 1.87. The van der Waals surface area contributed by atoms with E-state index < -0.39 is 0 Å². The van der Waals surface area contributed by atoms with E-state index in [1.54, 1.807) is 0 Å². The van der Waals surface area contributed by atoms with Gasteiger partial charge in [0.05, 0.1) is 0 Å². The Morgan fingerprint density at radius 3 is 2.53 bits per heavy atom. The fourth-order valence-electron chi connectivity index (χ4n) is 2.32. The molecule has 100 valence electrons. The van der Waals surface area contributed by atoms with Crippen molar-refractivity contribution in [3.8, 4) is 0 Å². The topological polar surface area (TPSA) is 24.9 Å². The Morgan fingerprint density at radius 1 is 1.11 bits per heavy atom. The van der Waals surface area contributed by atoms with Crippen LogP contribution in [0.4, 0.5) is 0 Å². The second kappa shape index (κ2) is 7.05. The van der Waals surface area contributed by atoms with Crippen molar-refractivity contribution in [1.29, 1.82) is 0 Å². The standard InChI is InChI=1S/C17H22N2/c1-14-11-12-16(13-19-14)17(18-2)10-6-9-15-7-4-3-5-8-15/h3-5,7-8,11-13,17-18H,6,9-10H2,1-2H3. The van der Waals surface area contributed by atoms with Crippen molar-refractivity contribution < 1.29 is 0 Å². The number of pyridine rings is 1. The quantitative estimate of drug-likeness (QED) is 0.850. The molecule has 1 atom stereocenters. The average molecular weight is 254 g/mol. The number of hydrogen-bond donors (Lipinski definition) is 1. The minimum atomic E-state index is 0.400. The van der Waals surface area contributed by atoms with Crippen molar-refractivity contribution in [2.75, 3.05) is 7.05 Å². The lowest BCUT2D eigenvalue weighted by Gasteiger charge is -2.16. The SMILES string of the molecule is CNC(CCCc1ccccc1)c1ccc(C)nc1. The molecule has 1 unspecified atom stereocenters. The van der Waals surface area contributed by atoms with Gasteiger partial charge in [-0.2, -0.15) is 0 Å². The van der Waals surface area contributed by atoms with Gasteiger partial charge in [0.1, 0.15) is 0 Å². The Kier molecular flexibility index (Phi) is 5.10. The van der Waals surface area contributed by atoms with Crippen LogP contribution < -0.4 is 5.32 Å². The first-order valence-corrected chi connectivity index (χ1v) is 6.93. The fraction of sp³-hybridized carbons (Fsp3) is 0.353. The summed E-state index contributed by atoms with van der Waals surface area (Å²) < 4.78 is 0. The maximum Gasteiger partial charge on any atom is 0.0372 e. The monoisotopic (exact) mass is 254 g/mol. The summed E-state index contributed by atoms with van der Waals surface area (Å²) in [6.07, 6.45) is 5.44. The summed E-state index contributed by atoms with van der Waals surface area (Å²) in [5.74, 6) is 0. The molecular weight excluding hydrogens is 232 g/mol. The van der Waals surface area contributed by atoms with Gasteiger partial charge in [-0.1, -0.05) is 36.4 Å². The summed E-state index contributed by atoms with van der Waals surface area (Å²) in [6.45, 7) is 2.02. The molecule has 0 aliphatic rings. The van der Waals surface area contributed by atoms with Crippen LogP contribution in [0.25, 0.3) is 0 Å². The van der Waals surface area contributed by atoms with Crippen LogP contribution in [-0.2, 0) is 6.42 Å². The van der Waals surface area contributed by atoms with E-state index in [0.717, 1.165) is 18.5 Å². The van der Waals surface area contributed by atoms with Gasteiger partial charge in [0, 0.05) is 17.9 Å². The van der Waals surface area contributed by atoms with Crippen LogP contribution in [0.3, 0.4) is 0 Å². The van der Waals surface area contributed by atoms with Crippen molar-refractivity contribution in [1.82, 2.24) is 10.3 Å². The smallest absolute Gasteiger partial charge is 0.0372 e. The summed E-state index contributed by atoms with van der Waals surface area (Å²) in [7, 11) is 2.02. The molecule has 2 aromatic rings. The summed E-state index contributed by atoms with van der Waals surface area (Å²) in [5.41, 5.74) is 3.77. The van der Waals surface area contributed by atoms with E-state index >= 15 is 0 Å². The maximum absolute atomic E-state index is 4.37. The highest BCUT2D eigenvalue weighted by atomic mass is 14.9. The van der Waals surface area contributed by atoms with Crippen LogP contribution >= 0.6 is 0 Å². The van der Waals surface area contributed by atoms with Crippen LogP contribution in [0, 0.1) is 6.92 Å². The summed E-state index contributed by atoms with van der Waals surface area (Å²) >= 11 is 0. The van der Waals surface area contributed by atoms with Crippen molar-refractivity contribution in [2.45, 2.75) is 32.2 Å². The molecule has 2 rings (SSSR count). The molecule has 0 bridgehead atoms. The van der Waals surface area contributed by atoms with Gasteiger partial charge in [0.2, 0.25) is 0 Å². The Bertz CT molecular complexity index is 476.